The Morgan fingerprint density at radius 3 is 2.08 bits per heavy atom. The highest BCUT2D eigenvalue weighted by molar-refractivity contribution is 6.11. The minimum Gasteiger partial charge on any atom is -0.444 e. The zero-order chi connectivity index (χ0) is 28.3. The van der Waals surface area contributed by atoms with Gasteiger partial charge in [-0.25, -0.2) is 14.6 Å². The lowest BCUT2D eigenvalue weighted by Gasteiger charge is -2.28. The van der Waals surface area contributed by atoms with Crippen LogP contribution in [0.2, 0.25) is 0 Å². The normalized spacial score (nSPS) is 17.1. The summed E-state index contributed by atoms with van der Waals surface area (Å²) in [6, 6.07) is 13.5. The molecular weight excluding hydrogens is 486 g/mol. The van der Waals surface area contributed by atoms with Crippen molar-refractivity contribution in [2.24, 2.45) is 4.99 Å². The first-order chi connectivity index (χ1) is 17.6. The summed E-state index contributed by atoms with van der Waals surface area (Å²) in [5.74, 6) is 0.110. The van der Waals surface area contributed by atoms with Gasteiger partial charge in [0.15, 0.2) is 5.69 Å². The number of carboxylic acid groups (broad SMARTS) is 1. The monoisotopic (exact) mass is 522 g/mol. The Morgan fingerprint density at radius 1 is 0.947 bits per heavy atom. The van der Waals surface area contributed by atoms with Gasteiger partial charge in [-0.2, -0.15) is 4.79 Å². The van der Waals surface area contributed by atoms with Crippen LogP contribution in [0.5, 0.6) is 5.75 Å². The second-order valence-electron chi connectivity index (χ2n) is 11.2. The number of carbonyl (C=O) groups is 3. The van der Waals surface area contributed by atoms with E-state index in [1.165, 1.54) is 17.3 Å². The third-order valence-electron chi connectivity index (χ3n) is 6.04. The molecule has 0 radical (unpaired) electrons. The summed E-state index contributed by atoms with van der Waals surface area (Å²) in [5.41, 5.74) is 1.26. The van der Waals surface area contributed by atoms with Crippen LogP contribution in [-0.2, 0) is 10.2 Å². The number of amidine groups is 1. The molecule has 1 heterocycles. The van der Waals surface area contributed by atoms with Crippen LogP contribution in [0.3, 0.4) is 0 Å². The van der Waals surface area contributed by atoms with Gasteiger partial charge in [-0.15, -0.1) is 4.48 Å². The minimum absolute atomic E-state index is 0.0292. The van der Waals surface area contributed by atoms with Crippen LogP contribution in [-0.4, -0.2) is 53.2 Å². The molecule has 1 aliphatic heterocycles. The molecule has 0 spiro atoms. The van der Waals surface area contributed by atoms with E-state index in [4.69, 9.17) is 9.47 Å². The number of rotatable bonds is 6. The molecule has 202 valence electrons. The number of quaternary nitrogens is 1. The molecule has 1 atom stereocenters. The molecule has 0 aliphatic carbocycles. The molecule has 9 nitrogen and oxygen atoms in total. The van der Waals surface area contributed by atoms with Crippen LogP contribution < -0.4 is 9.22 Å². The Morgan fingerprint density at radius 2 is 1.55 bits per heavy atom. The van der Waals surface area contributed by atoms with E-state index < -0.39 is 28.2 Å². The molecule has 2 aromatic carbocycles. The van der Waals surface area contributed by atoms with Crippen molar-refractivity contribution in [1.29, 1.82) is 0 Å². The lowest BCUT2D eigenvalue weighted by Crippen LogP contribution is -2.52. The van der Waals surface area contributed by atoms with Gasteiger partial charge in [0.1, 0.15) is 17.6 Å². The quantitative estimate of drug-likeness (QED) is 0.270. The number of ether oxygens (including phenoxy) is 2. The Hall–Kier alpha value is -3.98. The first-order valence-corrected chi connectivity index (χ1v) is 12.4. The molecule has 1 aliphatic rings. The molecule has 3 rings (SSSR count). The zero-order valence-electron chi connectivity index (χ0n) is 23.0. The molecule has 0 saturated heterocycles. The summed E-state index contributed by atoms with van der Waals surface area (Å²) < 4.78 is 10.2. The van der Waals surface area contributed by atoms with Gasteiger partial charge < -0.3 is 19.5 Å². The standard InChI is InChI=1S/C29H35N3O6/c1-28(2,3)21-10-8-20(9-11-21)25(33)37-23-14-12-22(13-15-23)32(27(35)36)19-17-30-24(32)16-18-31(7)26(34)38-29(4,5)6/h8-15,17,19H,16,18H2,1-7H3/p+1. The van der Waals surface area contributed by atoms with E-state index in [0.717, 1.165) is 5.56 Å². The van der Waals surface area contributed by atoms with Crippen LogP contribution in [0.4, 0.5) is 15.3 Å². The third kappa shape index (κ3) is 6.47. The predicted molar refractivity (Wildman–Crippen MR) is 146 cm³/mol. The SMILES string of the molecule is CN(CCC1=NC=C[N+]1(C(=O)O)c1ccc(OC(=O)c2ccc(C(C)(C)C)cc2)cc1)C(=O)OC(C)(C)C. The lowest BCUT2D eigenvalue weighted by atomic mass is 9.87. The Bertz CT molecular complexity index is 1250. The molecule has 0 fully saturated rings. The van der Waals surface area contributed by atoms with Crippen LogP contribution >= 0.6 is 0 Å². The summed E-state index contributed by atoms with van der Waals surface area (Å²) in [4.78, 5) is 43.1. The lowest BCUT2D eigenvalue weighted by molar-refractivity contribution is 0.0302. The molecule has 0 bridgehead atoms. The van der Waals surface area contributed by atoms with Crippen LogP contribution in [0.15, 0.2) is 65.9 Å². The van der Waals surface area contributed by atoms with Gasteiger partial charge in [0.05, 0.1) is 18.2 Å². The van der Waals surface area contributed by atoms with E-state index in [9.17, 15) is 19.5 Å². The third-order valence-corrected chi connectivity index (χ3v) is 6.04. The first-order valence-electron chi connectivity index (χ1n) is 12.4. The number of esters is 1. The van der Waals surface area contributed by atoms with Gasteiger partial charge in [0.2, 0.25) is 5.84 Å². The summed E-state index contributed by atoms with van der Waals surface area (Å²) >= 11 is 0. The fourth-order valence-electron chi connectivity index (χ4n) is 3.88. The van der Waals surface area contributed by atoms with E-state index in [2.05, 4.69) is 25.8 Å². The van der Waals surface area contributed by atoms with Crippen molar-refractivity contribution in [1.82, 2.24) is 9.38 Å². The van der Waals surface area contributed by atoms with Crippen LogP contribution in [0, 0.1) is 0 Å². The second-order valence-corrected chi connectivity index (χ2v) is 11.2. The second kappa shape index (κ2) is 10.8. The molecule has 2 aromatic rings. The topological polar surface area (TPSA) is 106 Å². The predicted octanol–water partition coefficient (Wildman–Crippen LogP) is 6.33. The maximum Gasteiger partial charge on any atom is 0.529 e. The highest BCUT2D eigenvalue weighted by Crippen LogP contribution is 2.32. The van der Waals surface area contributed by atoms with Gasteiger partial charge in [-0.05, 0) is 56.0 Å². The largest absolute Gasteiger partial charge is 0.529 e. The van der Waals surface area contributed by atoms with Gasteiger partial charge in [0.25, 0.3) is 0 Å². The van der Waals surface area contributed by atoms with Crippen molar-refractivity contribution >= 4 is 29.7 Å². The van der Waals surface area contributed by atoms with Crippen molar-refractivity contribution in [2.45, 2.75) is 59.0 Å². The van der Waals surface area contributed by atoms with E-state index >= 15 is 0 Å². The first kappa shape index (κ1) is 28.6. The fourth-order valence-corrected chi connectivity index (χ4v) is 3.88. The van der Waals surface area contributed by atoms with E-state index in [0.29, 0.717) is 17.1 Å². The van der Waals surface area contributed by atoms with Crippen LogP contribution in [0.1, 0.15) is 63.9 Å². The molecular formula is C29H36N3O6+. The van der Waals surface area contributed by atoms with Crippen molar-refractivity contribution in [3.63, 3.8) is 0 Å². The average Bonchev–Trinajstić information content (AvgIpc) is 3.26. The number of amides is 2. The zero-order valence-corrected chi connectivity index (χ0v) is 23.0. The highest BCUT2D eigenvalue weighted by atomic mass is 16.6. The Labute approximate surface area is 223 Å². The van der Waals surface area contributed by atoms with Gasteiger partial charge >= 0.3 is 18.2 Å². The average molecular weight is 523 g/mol. The number of aliphatic imine (C=N–C) groups is 1. The summed E-state index contributed by atoms with van der Waals surface area (Å²) in [7, 11) is 1.59. The summed E-state index contributed by atoms with van der Waals surface area (Å²) in [6.45, 7) is 11.8. The number of hydrogen-bond donors (Lipinski definition) is 1. The van der Waals surface area contributed by atoms with E-state index in [1.807, 2.05) is 12.1 Å². The maximum absolute atomic E-state index is 12.6. The molecule has 1 N–H and O–H groups in total. The molecule has 2 amide bonds. The number of carbonyl (C=O) groups excluding carboxylic acids is 2. The maximum atomic E-state index is 12.6. The molecule has 0 aromatic heterocycles. The fraction of sp³-hybridized carbons (Fsp3) is 0.379. The molecule has 38 heavy (non-hydrogen) atoms. The molecule has 1 unspecified atom stereocenters. The number of nitrogens with zero attached hydrogens (tertiary/aromatic N) is 3. The van der Waals surface area contributed by atoms with Gasteiger partial charge in [-0.1, -0.05) is 32.9 Å². The smallest absolute Gasteiger partial charge is 0.444 e. The highest BCUT2D eigenvalue weighted by Gasteiger charge is 2.46. The van der Waals surface area contributed by atoms with Crippen molar-refractivity contribution < 1.29 is 29.0 Å². The summed E-state index contributed by atoms with van der Waals surface area (Å²) in [5, 5.41) is 10.2. The van der Waals surface area contributed by atoms with Crippen LogP contribution in [0.25, 0.3) is 0 Å². The van der Waals surface area contributed by atoms with E-state index in [1.54, 1.807) is 64.2 Å². The van der Waals surface area contributed by atoms with E-state index in [-0.39, 0.29) is 24.1 Å². The van der Waals surface area contributed by atoms with Gasteiger partial charge in [0, 0.05) is 25.7 Å². The van der Waals surface area contributed by atoms with Crippen molar-refractivity contribution in [3.8, 4) is 5.75 Å². The van der Waals surface area contributed by atoms with Gasteiger partial charge in [-0.3, -0.25) is 0 Å². The number of benzene rings is 2. The Kier molecular flexibility index (Phi) is 8.12. The van der Waals surface area contributed by atoms with Crippen molar-refractivity contribution in [2.75, 3.05) is 13.6 Å². The van der Waals surface area contributed by atoms with Crippen molar-refractivity contribution in [3.05, 3.63) is 72.1 Å². The minimum atomic E-state index is -1.15. The molecule has 9 heteroatoms. The number of hydrogen-bond acceptors (Lipinski definition) is 6. The Balaban J connectivity index is 1.73. The molecule has 0 saturated carbocycles. The summed E-state index contributed by atoms with van der Waals surface area (Å²) in [6.07, 6.45) is 1.45.